The van der Waals surface area contributed by atoms with Gasteiger partial charge in [0.05, 0.1) is 5.52 Å². The van der Waals surface area contributed by atoms with Crippen LogP contribution in [0.3, 0.4) is 0 Å². The van der Waals surface area contributed by atoms with Gasteiger partial charge in [-0.2, -0.15) is 0 Å². The molecule has 5 rings (SSSR count). The van der Waals surface area contributed by atoms with Crippen LogP contribution in [0.15, 0.2) is 67.9 Å². The van der Waals surface area contributed by atoms with Crippen molar-refractivity contribution in [2.75, 3.05) is 50.0 Å². The second-order valence-corrected chi connectivity index (χ2v) is 9.50. The van der Waals surface area contributed by atoms with Gasteiger partial charge in [-0.15, -0.1) is 0 Å². The van der Waals surface area contributed by atoms with Gasteiger partial charge >= 0.3 is 0 Å². The lowest BCUT2D eigenvalue weighted by atomic mass is 9.97. The van der Waals surface area contributed by atoms with E-state index >= 15 is 0 Å². The van der Waals surface area contributed by atoms with E-state index in [0.29, 0.717) is 0 Å². The normalized spacial score (nSPS) is 17.1. The van der Waals surface area contributed by atoms with Crippen molar-refractivity contribution in [3.8, 4) is 11.3 Å². The van der Waals surface area contributed by atoms with Crippen molar-refractivity contribution >= 4 is 22.4 Å². The predicted octanol–water partition coefficient (Wildman–Crippen LogP) is 6.33. The highest BCUT2D eigenvalue weighted by Gasteiger charge is 2.17. The van der Waals surface area contributed by atoms with E-state index in [0.717, 1.165) is 37.1 Å². The minimum absolute atomic E-state index is 0.787. The number of H-pyrrole nitrogens is 1. The summed E-state index contributed by atoms with van der Waals surface area (Å²) in [7, 11) is 2.22. The number of allylic oxidation sites excluding steroid dienone is 2. The van der Waals surface area contributed by atoms with Crippen LogP contribution < -0.4 is 10.2 Å². The number of pyridine rings is 1. The monoisotopic (exact) mass is 457 g/mol. The molecule has 0 aliphatic carbocycles. The van der Waals surface area contributed by atoms with Crippen LogP contribution >= 0.6 is 0 Å². The molecular weight excluding hydrogens is 418 g/mol. The lowest BCUT2D eigenvalue weighted by Gasteiger charge is -2.29. The molecule has 0 unspecified atom stereocenters. The molecule has 2 N–H and O–H groups in total. The number of fused-ring (bicyclic) bond motifs is 1. The molecule has 0 radical (unpaired) electrons. The molecule has 5 nitrogen and oxygen atoms in total. The van der Waals surface area contributed by atoms with Gasteiger partial charge in [0.25, 0.3) is 0 Å². The third kappa shape index (κ3) is 6.09. The van der Waals surface area contributed by atoms with E-state index in [9.17, 15) is 0 Å². The summed E-state index contributed by atoms with van der Waals surface area (Å²) in [5.41, 5.74) is 4.77. The minimum atomic E-state index is 0.787. The molecule has 0 amide bonds. The molecule has 4 heterocycles. The molecule has 2 fully saturated rings. The standard InChI is InChI=1S/C25H33N5.C4H6/c1-29-15-10-19(11-16-29)18-27-21-7-5-20(6-8-21)24-17-22-23(28-24)9-12-26-25(22)30-13-3-2-4-14-30;1-3-4-2/h5-9,12,17,19,27-28H,2-4,10-11,13-16,18H2,1H3;3-4H,1-2H2. The first-order valence-corrected chi connectivity index (χ1v) is 12.7. The van der Waals surface area contributed by atoms with Crippen molar-refractivity contribution in [3.63, 3.8) is 0 Å². The lowest BCUT2D eigenvalue weighted by molar-refractivity contribution is 0.226. The topological polar surface area (TPSA) is 47.2 Å². The number of likely N-dealkylation sites (tertiary alicyclic amines) is 1. The van der Waals surface area contributed by atoms with Crippen molar-refractivity contribution in [1.29, 1.82) is 0 Å². The summed E-state index contributed by atoms with van der Waals surface area (Å²) < 4.78 is 0. The number of nitrogens with one attached hydrogen (secondary N) is 2. The first-order valence-electron chi connectivity index (χ1n) is 12.7. The molecule has 2 aliphatic rings. The average Bonchev–Trinajstić information content (AvgIpc) is 3.34. The van der Waals surface area contributed by atoms with Crippen molar-refractivity contribution in [3.05, 3.63) is 67.9 Å². The Balaban J connectivity index is 0.000000636. The average molecular weight is 458 g/mol. The first-order chi connectivity index (χ1) is 16.7. The number of aromatic amines is 1. The van der Waals surface area contributed by atoms with Crippen molar-refractivity contribution < 1.29 is 0 Å². The molecule has 1 aromatic carbocycles. The summed E-state index contributed by atoms with van der Waals surface area (Å²) in [5, 5.41) is 4.88. The van der Waals surface area contributed by atoms with Gasteiger partial charge in [0.15, 0.2) is 0 Å². The largest absolute Gasteiger partial charge is 0.385 e. The highest BCUT2D eigenvalue weighted by atomic mass is 15.2. The molecular formula is C29H39N5. The minimum Gasteiger partial charge on any atom is -0.385 e. The van der Waals surface area contributed by atoms with Crippen LogP contribution in [0.1, 0.15) is 32.1 Å². The number of anilines is 2. The predicted molar refractivity (Wildman–Crippen MR) is 147 cm³/mol. The Hall–Kier alpha value is -3.05. The van der Waals surface area contributed by atoms with Crippen LogP contribution in [-0.2, 0) is 0 Å². The molecule has 2 saturated heterocycles. The van der Waals surface area contributed by atoms with Crippen LogP contribution in [0, 0.1) is 5.92 Å². The Kier molecular flexibility index (Phi) is 8.42. The fourth-order valence-corrected chi connectivity index (χ4v) is 4.85. The third-order valence-corrected chi connectivity index (χ3v) is 6.98. The Bertz CT molecular complexity index is 1050. The fraction of sp³-hybridized carbons (Fsp3) is 0.414. The maximum Gasteiger partial charge on any atom is 0.137 e. The Morgan fingerprint density at radius 3 is 2.38 bits per heavy atom. The number of rotatable bonds is 6. The molecule has 0 bridgehead atoms. The highest BCUT2D eigenvalue weighted by Crippen LogP contribution is 2.31. The summed E-state index contributed by atoms with van der Waals surface area (Å²) >= 11 is 0. The lowest BCUT2D eigenvalue weighted by Crippen LogP contribution is -2.32. The summed E-state index contributed by atoms with van der Waals surface area (Å²) in [6, 6.07) is 13.2. The van der Waals surface area contributed by atoms with E-state index in [1.807, 2.05) is 6.20 Å². The molecule has 34 heavy (non-hydrogen) atoms. The van der Waals surface area contributed by atoms with Gasteiger partial charge in [-0.1, -0.05) is 37.4 Å². The molecule has 2 aliphatic heterocycles. The van der Waals surface area contributed by atoms with E-state index in [1.165, 1.54) is 67.3 Å². The van der Waals surface area contributed by atoms with Crippen LogP contribution in [0.4, 0.5) is 11.5 Å². The van der Waals surface area contributed by atoms with Gasteiger partial charge in [-0.3, -0.25) is 0 Å². The second kappa shape index (κ2) is 11.9. The molecule has 180 valence electrons. The number of hydrogen-bond donors (Lipinski definition) is 2. The number of piperidine rings is 2. The molecule has 0 spiro atoms. The summed E-state index contributed by atoms with van der Waals surface area (Å²) in [4.78, 5) is 13.2. The Morgan fingerprint density at radius 2 is 1.71 bits per heavy atom. The summed E-state index contributed by atoms with van der Waals surface area (Å²) in [6.07, 6.45) is 11.7. The van der Waals surface area contributed by atoms with Crippen molar-refractivity contribution in [2.24, 2.45) is 5.92 Å². The summed E-state index contributed by atoms with van der Waals surface area (Å²) in [6.45, 7) is 12.5. The molecule has 2 aromatic heterocycles. The number of nitrogens with zero attached hydrogens (tertiary/aromatic N) is 3. The first kappa shape index (κ1) is 24.1. The van der Waals surface area contributed by atoms with Crippen molar-refractivity contribution in [1.82, 2.24) is 14.9 Å². The van der Waals surface area contributed by atoms with E-state index in [1.54, 1.807) is 12.2 Å². The molecule has 0 atom stereocenters. The van der Waals surface area contributed by atoms with Gasteiger partial charge in [0.1, 0.15) is 5.82 Å². The van der Waals surface area contributed by atoms with E-state index in [2.05, 4.69) is 76.7 Å². The zero-order valence-corrected chi connectivity index (χ0v) is 20.6. The fourth-order valence-electron chi connectivity index (χ4n) is 4.85. The maximum atomic E-state index is 4.72. The van der Waals surface area contributed by atoms with Gasteiger partial charge in [-0.05, 0) is 88.0 Å². The van der Waals surface area contributed by atoms with E-state index < -0.39 is 0 Å². The van der Waals surface area contributed by atoms with Crippen LogP contribution in [-0.4, -0.2) is 54.6 Å². The SMILES string of the molecule is C=CC=C.CN1CCC(CNc2ccc(-c3cc4c(N5CCCCC5)nccc4[nH]3)cc2)CC1. The zero-order valence-electron chi connectivity index (χ0n) is 20.6. The second-order valence-electron chi connectivity index (χ2n) is 9.50. The molecule has 3 aromatic rings. The third-order valence-electron chi connectivity index (χ3n) is 6.98. The molecule has 5 heteroatoms. The van der Waals surface area contributed by atoms with Crippen LogP contribution in [0.5, 0.6) is 0 Å². The smallest absolute Gasteiger partial charge is 0.137 e. The Labute approximate surface area is 204 Å². The number of hydrogen-bond acceptors (Lipinski definition) is 4. The van der Waals surface area contributed by atoms with E-state index in [-0.39, 0.29) is 0 Å². The van der Waals surface area contributed by atoms with Crippen LogP contribution in [0.2, 0.25) is 0 Å². The van der Waals surface area contributed by atoms with Crippen LogP contribution in [0.25, 0.3) is 22.2 Å². The van der Waals surface area contributed by atoms with Gasteiger partial charge in [0, 0.05) is 42.6 Å². The van der Waals surface area contributed by atoms with Crippen molar-refractivity contribution in [2.45, 2.75) is 32.1 Å². The number of benzene rings is 1. The number of aromatic nitrogens is 2. The van der Waals surface area contributed by atoms with Gasteiger partial charge in [0.2, 0.25) is 0 Å². The quantitative estimate of drug-likeness (QED) is 0.425. The highest BCUT2D eigenvalue weighted by molar-refractivity contribution is 5.94. The maximum absolute atomic E-state index is 4.72. The molecule has 0 saturated carbocycles. The van der Waals surface area contributed by atoms with Gasteiger partial charge in [-0.25, -0.2) is 4.98 Å². The zero-order chi connectivity index (χ0) is 23.8. The van der Waals surface area contributed by atoms with E-state index in [4.69, 9.17) is 4.98 Å². The Morgan fingerprint density at radius 1 is 1.00 bits per heavy atom. The van der Waals surface area contributed by atoms with Gasteiger partial charge < -0.3 is 20.1 Å². The summed E-state index contributed by atoms with van der Waals surface area (Å²) in [5.74, 6) is 1.92.